The molecule has 5 heteroatoms. The number of nitrogens with zero attached hydrogens (tertiary/aromatic N) is 2. The van der Waals surface area contributed by atoms with Crippen molar-refractivity contribution in [3.63, 3.8) is 0 Å². The number of carbonyl (C=O) groups is 1. The average molecular weight is 271 g/mol. The summed E-state index contributed by atoms with van der Waals surface area (Å²) in [6, 6.07) is 5.51. The Morgan fingerprint density at radius 1 is 1.55 bits per heavy atom. The second-order valence-corrected chi connectivity index (χ2v) is 4.33. The molecule has 1 heterocycles. The lowest BCUT2D eigenvalue weighted by molar-refractivity contribution is 0.0600. The van der Waals surface area contributed by atoms with Crippen LogP contribution >= 0.6 is 0 Å². The fourth-order valence-electron chi connectivity index (χ4n) is 1.92. The Balaban J connectivity index is 2.13. The van der Waals surface area contributed by atoms with Crippen molar-refractivity contribution in [3.05, 3.63) is 53.9 Å². The van der Waals surface area contributed by atoms with Crippen molar-refractivity contribution in [2.45, 2.75) is 13.5 Å². The minimum atomic E-state index is -0.328. The molecule has 1 aromatic carbocycles. The summed E-state index contributed by atoms with van der Waals surface area (Å²) in [6.07, 6.45) is 5.29. The lowest BCUT2D eigenvalue weighted by atomic mass is 10.1. The Kier molecular flexibility index (Phi) is 4.20. The Morgan fingerprint density at radius 2 is 2.35 bits per heavy atom. The minimum Gasteiger partial charge on any atom is -0.465 e. The molecule has 0 saturated carbocycles. The molecule has 0 atom stereocenters. The van der Waals surface area contributed by atoms with E-state index in [1.54, 1.807) is 23.1 Å². The topological polar surface area (TPSA) is 56.2 Å². The van der Waals surface area contributed by atoms with Gasteiger partial charge < -0.3 is 10.1 Å². The molecule has 1 aromatic heterocycles. The highest BCUT2D eigenvalue weighted by Crippen LogP contribution is 2.20. The van der Waals surface area contributed by atoms with Crippen LogP contribution in [0.15, 0.2) is 37.2 Å². The summed E-state index contributed by atoms with van der Waals surface area (Å²) >= 11 is 0. The predicted octanol–water partition coefficient (Wildman–Crippen LogP) is 2.69. The molecule has 20 heavy (non-hydrogen) atoms. The molecule has 0 radical (unpaired) electrons. The molecule has 0 aliphatic heterocycles. The largest absolute Gasteiger partial charge is 0.465 e. The zero-order chi connectivity index (χ0) is 14.5. The zero-order valence-electron chi connectivity index (χ0n) is 11.6. The van der Waals surface area contributed by atoms with Gasteiger partial charge in [0.1, 0.15) is 0 Å². The minimum absolute atomic E-state index is 0.328. The Labute approximate surface area is 117 Å². The molecule has 104 valence electrons. The van der Waals surface area contributed by atoms with Gasteiger partial charge in [0, 0.05) is 30.2 Å². The Morgan fingerprint density at radius 3 is 3.00 bits per heavy atom. The van der Waals surface area contributed by atoms with E-state index in [0.29, 0.717) is 12.1 Å². The van der Waals surface area contributed by atoms with Gasteiger partial charge in [0.15, 0.2) is 0 Å². The number of ether oxygens (including phenoxy) is 1. The molecule has 0 saturated heterocycles. The maximum absolute atomic E-state index is 11.6. The predicted molar refractivity (Wildman–Crippen MR) is 78.5 cm³/mol. The smallest absolute Gasteiger partial charge is 0.338 e. The first kappa shape index (κ1) is 13.9. The molecule has 5 nitrogen and oxygen atoms in total. The summed E-state index contributed by atoms with van der Waals surface area (Å²) in [5, 5.41) is 7.40. The highest BCUT2D eigenvalue weighted by atomic mass is 16.5. The summed E-state index contributed by atoms with van der Waals surface area (Å²) < 4.78 is 6.41. The van der Waals surface area contributed by atoms with E-state index in [4.69, 9.17) is 4.74 Å². The number of aromatic nitrogens is 2. The van der Waals surface area contributed by atoms with Crippen molar-refractivity contribution in [3.8, 4) is 0 Å². The van der Waals surface area contributed by atoms with Crippen LogP contribution in [0.1, 0.15) is 21.5 Å². The van der Waals surface area contributed by atoms with Crippen molar-refractivity contribution >= 4 is 17.9 Å². The highest BCUT2D eigenvalue weighted by Gasteiger charge is 2.11. The standard InChI is InChI=1S/C15H17N3O2/c1-4-18-10-12(9-17-18)8-16-14-7-5-6-13(11(14)2)15(19)20-3/h4-7,9-10,16H,1,8H2,2-3H3. The van der Waals surface area contributed by atoms with Crippen molar-refractivity contribution in [1.82, 2.24) is 9.78 Å². The normalized spacial score (nSPS) is 10.1. The van der Waals surface area contributed by atoms with Crippen LogP contribution in [0.5, 0.6) is 0 Å². The van der Waals surface area contributed by atoms with Gasteiger partial charge in [-0.1, -0.05) is 12.6 Å². The number of rotatable bonds is 5. The van der Waals surface area contributed by atoms with E-state index >= 15 is 0 Å². The molecule has 2 rings (SSSR count). The van der Waals surface area contributed by atoms with Crippen LogP contribution in [0.2, 0.25) is 0 Å². The van der Waals surface area contributed by atoms with Crippen molar-refractivity contribution < 1.29 is 9.53 Å². The summed E-state index contributed by atoms with van der Waals surface area (Å²) in [6.45, 7) is 6.16. The Bertz CT molecular complexity index is 632. The van der Waals surface area contributed by atoms with Gasteiger partial charge in [0.05, 0.1) is 18.9 Å². The van der Waals surface area contributed by atoms with Gasteiger partial charge in [-0.25, -0.2) is 9.48 Å². The van der Waals surface area contributed by atoms with Crippen LogP contribution in [-0.2, 0) is 11.3 Å². The second kappa shape index (κ2) is 6.06. The van der Waals surface area contributed by atoms with Gasteiger partial charge >= 0.3 is 5.97 Å². The number of anilines is 1. The van der Waals surface area contributed by atoms with Gasteiger partial charge in [-0.05, 0) is 24.6 Å². The van der Waals surface area contributed by atoms with E-state index in [-0.39, 0.29) is 5.97 Å². The molecule has 0 unspecified atom stereocenters. The quantitative estimate of drug-likeness (QED) is 0.849. The average Bonchev–Trinajstić information content (AvgIpc) is 2.93. The van der Waals surface area contributed by atoms with E-state index < -0.39 is 0 Å². The Hall–Kier alpha value is -2.56. The molecule has 2 aromatic rings. The van der Waals surface area contributed by atoms with E-state index in [0.717, 1.165) is 16.8 Å². The van der Waals surface area contributed by atoms with Crippen LogP contribution in [0.4, 0.5) is 5.69 Å². The van der Waals surface area contributed by atoms with Crippen molar-refractivity contribution in [2.24, 2.45) is 0 Å². The number of hydrogen-bond acceptors (Lipinski definition) is 4. The van der Waals surface area contributed by atoms with Gasteiger partial charge in [0.2, 0.25) is 0 Å². The SMILES string of the molecule is C=Cn1cc(CNc2cccc(C(=O)OC)c2C)cn1. The zero-order valence-corrected chi connectivity index (χ0v) is 11.6. The molecule has 0 bridgehead atoms. The lowest BCUT2D eigenvalue weighted by Crippen LogP contribution is -2.07. The summed E-state index contributed by atoms with van der Waals surface area (Å²) in [4.78, 5) is 11.6. The van der Waals surface area contributed by atoms with E-state index in [2.05, 4.69) is 17.0 Å². The third-order valence-corrected chi connectivity index (χ3v) is 3.06. The van der Waals surface area contributed by atoms with Crippen LogP contribution in [-0.4, -0.2) is 22.9 Å². The van der Waals surface area contributed by atoms with Crippen LogP contribution in [0, 0.1) is 6.92 Å². The molecule has 0 aliphatic carbocycles. The van der Waals surface area contributed by atoms with E-state index in [1.165, 1.54) is 7.11 Å². The van der Waals surface area contributed by atoms with E-state index in [9.17, 15) is 4.79 Å². The van der Waals surface area contributed by atoms with Gasteiger partial charge in [-0.2, -0.15) is 5.10 Å². The molecule has 1 N–H and O–H groups in total. The summed E-state index contributed by atoms with van der Waals surface area (Å²) in [5.74, 6) is -0.328. The van der Waals surface area contributed by atoms with Crippen LogP contribution < -0.4 is 5.32 Å². The first-order chi connectivity index (χ1) is 9.65. The molecular weight excluding hydrogens is 254 g/mol. The monoisotopic (exact) mass is 271 g/mol. The van der Waals surface area contributed by atoms with Gasteiger partial charge in [-0.3, -0.25) is 0 Å². The number of methoxy groups -OCH3 is 1. The van der Waals surface area contributed by atoms with Crippen molar-refractivity contribution in [2.75, 3.05) is 12.4 Å². The van der Waals surface area contributed by atoms with Crippen LogP contribution in [0.25, 0.3) is 6.20 Å². The highest BCUT2D eigenvalue weighted by molar-refractivity contribution is 5.92. The first-order valence-electron chi connectivity index (χ1n) is 6.23. The molecule has 0 spiro atoms. The van der Waals surface area contributed by atoms with Crippen LogP contribution in [0.3, 0.4) is 0 Å². The third-order valence-electron chi connectivity index (χ3n) is 3.06. The number of carbonyl (C=O) groups excluding carboxylic acids is 1. The lowest BCUT2D eigenvalue weighted by Gasteiger charge is -2.11. The molecule has 0 fully saturated rings. The first-order valence-corrected chi connectivity index (χ1v) is 6.23. The van der Waals surface area contributed by atoms with Gasteiger partial charge in [0.25, 0.3) is 0 Å². The number of benzene rings is 1. The fourth-order valence-corrected chi connectivity index (χ4v) is 1.92. The third kappa shape index (κ3) is 2.88. The van der Waals surface area contributed by atoms with Crippen molar-refractivity contribution in [1.29, 1.82) is 0 Å². The summed E-state index contributed by atoms with van der Waals surface area (Å²) in [5.41, 5.74) is 3.38. The number of esters is 1. The molecule has 0 aliphatic rings. The van der Waals surface area contributed by atoms with E-state index in [1.807, 2.05) is 25.3 Å². The van der Waals surface area contributed by atoms with Gasteiger partial charge in [-0.15, -0.1) is 0 Å². The molecule has 0 amide bonds. The molecular formula is C15H17N3O2. The fraction of sp³-hybridized carbons (Fsp3) is 0.200. The maximum Gasteiger partial charge on any atom is 0.338 e. The maximum atomic E-state index is 11.6. The second-order valence-electron chi connectivity index (χ2n) is 4.33. The summed E-state index contributed by atoms with van der Waals surface area (Å²) in [7, 11) is 1.38. The number of nitrogens with one attached hydrogen (secondary N) is 1. The number of hydrogen-bond donors (Lipinski definition) is 1.